The van der Waals surface area contributed by atoms with E-state index >= 15 is 0 Å². The van der Waals surface area contributed by atoms with Crippen LogP contribution in [0, 0.1) is 5.92 Å². The molecular formula is C10H22N2O. The fourth-order valence-electron chi connectivity index (χ4n) is 1.96. The van der Waals surface area contributed by atoms with Gasteiger partial charge in [-0.3, -0.25) is 0 Å². The SMILES string of the molecule is CN1CCC(C(N)C(C)(C)O)CC1. The Balaban J connectivity index is 2.45. The number of piperidine rings is 1. The van der Waals surface area contributed by atoms with E-state index in [9.17, 15) is 5.11 Å². The molecule has 1 aliphatic heterocycles. The minimum Gasteiger partial charge on any atom is -0.389 e. The molecule has 0 aromatic heterocycles. The molecule has 0 aromatic rings. The molecule has 3 heteroatoms. The lowest BCUT2D eigenvalue weighted by Crippen LogP contribution is -2.51. The summed E-state index contributed by atoms with van der Waals surface area (Å²) in [5, 5.41) is 9.77. The van der Waals surface area contributed by atoms with Gasteiger partial charge in [0.1, 0.15) is 0 Å². The molecular weight excluding hydrogens is 164 g/mol. The molecule has 1 heterocycles. The Labute approximate surface area is 80.9 Å². The summed E-state index contributed by atoms with van der Waals surface area (Å²) in [6.07, 6.45) is 2.23. The van der Waals surface area contributed by atoms with Crippen molar-refractivity contribution >= 4 is 0 Å². The van der Waals surface area contributed by atoms with Gasteiger partial charge in [-0.1, -0.05) is 0 Å². The second kappa shape index (κ2) is 3.95. The van der Waals surface area contributed by atoms with E-state index in [0.29, 0.717) is 5.92 Å². The predicted octanol–water partition coefficient (Wildman–Crippen LogP) is 0.426. The summed E-state index contributed by atoms with van der Waals surface area (Å²) in [6.45, 7) is 5.81. The molecule has 0 aromatic carbocycles. The van der Waals surface area contributed by atoms with Gasteiger partial charge in [0, 0.05) is 6.04 Å². The number of likely N-dealkylation sites (tertiary alicyclic amines) is 1. The van der Waals surface area contributed by atoms with Crippen LogP contribution >= 0.6 is 0 Å². The van der Waals surface area contributed by atoms with Gasteiger partial charge in [0.2, 0.25) is 0 Å². The summed E-state index contributed by atoms with van der Waals surface area (Å²) in [5.41, 5.74) is 5.27. The van der Waals surface area contributed by atoms with Crippen molar-refractivity contribution in [1.29, 1.82) is 0 Å². The molecule has 0 aliphatic carbocycles. The first kappa shape index (κ1) is 11.0. The minimum absolute atomic E-state index is 0.0822. The Bertz CT molecular complexity index is 157. The quantitative estimate of drug-likeness (QED) is 0.657. The largest absolute Gasteiger partial charge is 0.389 e. The van der Waals surface area contributed by atoms with Gasteiger partial charge >= 0.3 is 0 Å². The summed E-state index contributed by atoms with van der Waals surface area (Å²) in [5.74, 6) is 0.483. The van der Waals surface area contributed by atoms with E-state index in [1.54, 1.807) is 13.8 Å². The standard InChI is InChI=1S/C10H22N2O/c1-10(2,13)9(11)8-4-6-12(3)7-5-8/h8-9,13H,4-7,11H2,1-3H3. The fraction of sp³-hybridized carbons (Fsp3) is 1.00. The van der Waals surface area contributed by atoms with Gasteiger partial charge < -0.3 is 15.7 Å². The Hall–Kier alpha value is -0.120. The molecule has 1 fully saturated rings. The number of hydrogen-bond acceptors (Lipinski definition) is 3. The van der Waals surface area contributed by atoms with E-state index in [1.807, 2.05) is 0 Å². The van der Waals surface area contributed by atoms with E-state index in [0.717, 1.165) is 25.9 Å². The zero-order valence-electron chi connectivity index (χ0n) is 8.95. The van der Waals surface area contributed by atoms with Crippen molar-refractivity contribution in [3.8, 4) is 0 Å². The fourth-order valence-corrected chi connectivity index (χ4v) is 1.96. The summed E-state index contributed by atoms with van der Waals surface area (Å²) in [6, 6.07) is -0.0822. The van der Waals surface area contributed by atoms with Crippen LogP contribution in [0.5, 0.6) is 0 Å². The third kappa shape index (κ3) is 2.93. The molecule has 0 amide bonds. The molecule has 0 spiro atoms. The molecule has 1 saturated heterocycles. The Morgan fingerprint density at radius 2 is 1.85 bits per heavy atom. The number of aliphatic hydroxyl groups is 1. The molecule has 3 N–H and O–H groups in total. The maximum absolute atomic E-state index is 9.77. The van der Waals surface area contributed by atoms with Crippen molar-refractivity contribution in [1.82, 2.24) is 4.90 Å². The van der Waals surface area contributed by atoms with Crippen LogP contribution in [0.4, 0.5) is 0 Å². The van der Waals surface area contributed by atoms with Crippen LogP contribution in [0.2, 0.25) is 0 Å². The normalized spacial score (nSPS) is 24.7. The highest BCUT2D eigenvalue weighted by molar-refractivity contribution is 4.88. The number of nitrogens with two attached hydrogens (primary N) is 1. The maximum Gasteiger partial charge on any atom is 0.0744 e. The molecule has 0 radical (unpaired) electrons. The molecule has 3 nitrogen and oxygen atoms in total. The molecule has 78 valence electrons. The number of hydrogen-bond donors (Lipinski definition) is 2. The van der Waals surface area contributed by atoms with E-state index in [2.05, 4.69) is 11.9 Å². The smallest absolute Gasteiger partial charge is 0.0744 e. The Kier molecular flexibility index (Phi) is 3.33. The molecule has 1 unspecified atom stereocenters. The zero-order chi connectivity index (χ0) is 10.1. The van der Waals surface area contributed by atoms with E-state index in [1.165, 1.54) is 0 Å². The second-order valence-electron chi connectivity index (χ2n) is 4.82. The lowest BCUT2D eigenvalue weighted by atomic mass is 9.82. The zero-order valence-corrected chi connectivity index (χ0v) is 8.95. The lowest BCUT2D eigenvalue weighted by molar-refractivity contribution is 0.0174. The lowest BCUT2D eigenvalue weighted by Gasteiger charge is -2.37. The number of rotatable bonds is 2. The van der Waals surface area contributed by atoms with Crippen molar-refractivity contribution in [2.45, 2.75) is 38.3 Å². The van der Waals surface area contributed by atoms with Gasteiger partial charge in [0.25, 0.3) is 0 Å². The summed E-state index contributed by atoms with van der Waals surface area (Å²) in [7, 11) is 2.13. The van der Waals surface area contributed by atoms with E-state index in [4.69, 9.17) is 5.73 Å². The first-order chi connectivity index (χ1) is 5.91. The molecule has 1 rings (SSSR count). The second-order valence-corrected chi connectivity index (χ2v) is 4.82. The van der Waals surface area contributed by atoms with Gasteiger partial charge in [0.05, 0.1) is 5.60 Å². The third-order valence-corrected chi connectivity index (χ3v) is 3.09. The van der Waals surface area contributed by atoms with Crippen LogP contribution in [0.1, 0.15) is 26.7 Å². The Morgan fingerprint density at radius 1 is 1.38 bits per heavy atom. The van der Waals surface area contributed by atoms with Crippen molar-refractivity contribution in [3.63, 3.8) is 0 Å². The third-order valence-electron chi connectivity index (χ3n) is 3.09. The van der Waals surface area contributed by atoms with E-state index in [-0.39, 0.29) is 6.04 Å². The minimum atomic E-state index is -0.736. The van der Waals surface area contributed by atoms with Crippen LogP contribution in [-0.4, -0.2) is 41.8 Å². The van der Waals surface area contributed by atoms with Crippen LogP contribution < -0.4 is 5.73 Å². The van der Waals surface area contributed by atoms with Gasteiger partial charge in [-0.05, 0) is 52.7 Å². The average Bonchev–Trinajstić information content (AvgIpc) is 2.03. The Morgan fingerprint density at radius 3 is 2.23 bits per heavy atom. The van der Waals surface area contributed by atoms with Gasteiger partial charge in [-0.2, -0.15) is 0 Å². The molecule has 1 aliphatic rings. The van der Waals surface area contributed by atoms with Crippen LogP contribution in [0.15, 0.2) is 0 Å². The number of nitrogens with zero attached hydrogens (tertiary/aromatic N) is 1. The highest BCUT2D eigenvalue weighted by Gasteiger charge is 2.32. The van der Waals surface area contributed by atoms with Crippen molar-refractivity contribution < 1.29 is 5.11 Å². The predicted molar refractivity (Wildman–Crippen MR) is 54.5 cm³/mol. The van der Waals surface area contributed by atoms with Crippen LogP contribution in [0.3, 0.4) is 0 Å². The van der Waals surface area contributed by atoms with Crippen LogP contribution in [0.25, 0.3) is 0 Å². The average molecular weight is 186 g/mol. The van der Waals surface area contributed by atoms with Crippen molar-refractivity contribution in [2.24, 2.45) is 11.7 Å². The molecule has 0 saturated carbocycles. The highest BCUT2D eigenvalue weighted by atomic mass is 16.3. The van der Waals surface area contributed by atoms with Crippen molar-refractivity contribution in [3.05, 3.63) is 0 Å². The summed E-state index contributed by atoms with van der Waals surface area (Å²) in [4.78, 5) is 2.31. The molecule has 13 heavy (non-hydrogen) atoms. The topological polar surface area (TPSA) is 49.5 Å². The molecule has 0 bridgehead atoms. The highest BCUT2D eigenvalue weighted by Crippen LogP contribution is 2.24. The van der Waals surface area contributed by atoms with E-state index < -0.39 is 5.60 Å². The van der Waals surface area contributed by atoms with Gasteiger partial charge in [-0.25, -0.2) is 0 Å². The maximum atomic E-state index is 9.77. The summed E-state index contributed by atoms with van der Waals surface area (Å²) < 4.78 is 0. The first-order valence-electron chi connectivity index (χ1n) is 5.08. The summed E-state index contributed by atoms with van der Waals surface area (Å²) >= 11 is 0. The van der Waals surface area contributed by atoms with Gasteiger partial charge in [0.15, 0.2) is 0 Å². The molecule has 1 atom stereocenters. The van der Waals surface area contributed by atoms with Crippen LogP contribution in [-0.2, 0) is 0 Å². The van der Waals surface area contributed by atoms with Gasteiger partial charge in [-0.15, -0.1) is 0 Å². The first-order valence-corrected chi connectivity index (χ1v) is 5.08. The van der Waals surface area contributed by atoms with Crippen molar-refractivity contribution in [2.75, 3.05) is 20.1 Å². The monoisotopic (exact) mass is 186 g/mol.